The van der Waals surface area contributed by atoms with Crippen molar-refractivity contribution >= 4 is 27.3 Å². The fourth-order valence-corrected chi connectivity index (χ4v) is 3.51. The third-order valence-electron chi connectivity index (χ3n) is 3.31. The van der Waals surface area contributed by atoms with Crippen LogP contribution < -0.4 is 9.62 Å². The zero-order chi connectivity index (χ0) is 16.5. The summed E-state index contributed by atoms with van der Waals surface area (Å²) in [6.07, 6.45) is 0. The lowest BCUT2D eigenvalue weighted by atomic mass is 10.2. The summed E-state index contributed by atoms with van der Waals surface area (Å²) < 4.78 is 27.3. The first-order valence-corrected chi connectivity index (χ1v) is 8.09. The van der Waals surface area contributed by atoms with Crippen LogP contribution in [0.4, 0.5) is 11.4 Å². The second kappa shape index (κ2) is 5.80. The number of amides is 1. The van der Waals surface area contributed by atoms with Crippen LogP contribution in [0.5, 0.6) is 0 Å². The summed E-state index contributed by atoms with van der Waals surface area (Å²) >= 11 is 0. The number of hydrogen-bond acceptors (Lipinski definition) is 4. The van der Waals surface area contributed by atoms with Crippen LogP contribution in [0.3, 0.4) is 0 Å². The van der Waals surface area contributed by atoms with Crippen molar-refractivity contribution in [3.05, 3.63) is 35.7 Å². The Morgan fingerprint density at radius 3 is 2.27 bits per heavy atom. The Morgan fingerprint density at radius 2 is 1.82 bits per heavy atom. The predicted octanol–water partition coefficient (Wildman–Crippen LogP) is 1.81. The monoisotopic (exact) mass is 322 g/mol. The van der Waals surface area contributed by atoms with E-state index in [1.165, 1.54) is 11.8 Å². The minimum atomic E-state index is -3.71. The maximum Gasteiger partial charge on any atom is 0.265 e. The Labute approximate surface area is 129 Å². The van der Waals surface area contributed by atoms with Gasteiger partial charge in [0.2, 0.25) is 5.91 Å². The van der Waals surface area contributed by atoms with Crippen LogP contribution in [0.15, 0.2) is 29.2 Å². The number of carbonyl (C=O) groups is 1. The summed E-state index contributed by atoms with van der Waals surface area (Å²) in [5.74, 6) is -0.0991. The van der Waals surface area contributed by atoms with E-state index in [0.29, 0.717) is 22.8 Å². The highest BCUT2D eigenvalue weighted by atomic mass is 32.2. The minimum absolute atomic E-state index is 0.0991. The molecule has 0 atom stereocenters. The van der Waals surface area contributed by atoms with Crippen LogP contribution in [0.25, 0.3) is 0 Å². The lowest BCUT2D eigenvalue weighted by Gasteiger charge is -2.15. The highest BCUT2D eigenvalue weighted by Gasteiger charge is 2.22. The average molecular weight is 322 g/mol. The first kappa shape index (κ1) is 16.0. The van der Waals surface area contributed by atoms with Gasteiger partial charge in [-0.15, -0.1) is 0 Å². The SMILES string of the molecule is CC(=O)N(C)c1ccc(NS(=O)(=O)c2c(C)n[nH]c2C)cc1. The first-order valence-electron chi connectivity index (χ1n) is 6.61. The molecule has 0 unspecified atom stereocenters. The number of nitrogens with zero attached hydrogens (tertiary/aromatic N) is 2. The van der Waals surface area contributed by atoms with Gasteiger partial charge in [-0.25, -0.2) is 8.42 Å². The van der Waals surface area contributed by atoms with Crippen LogP contribution in [-0.4, -0.2) is 31.6 Å². The summed E-state index contributed by atoms with van der Waals surface area (Å²) in [4.78, 5) is 12.9. The maximum atomic E-state index is 12.4. The van der Waals surface area contributed by atoms with Crippen molar-refractivity contribution in [1.82, 2.24) is 10.2 Å². The number of sulfonamides is 1. The molecule has 2 aromatic rings. The molecule has 0 fully saturated rings. The van der Waals surface area contributed by atoms with E-state index < -0.39 is 10.0 Å². The smallest absolute Gasteiger partial charge is 0.265 e. The number of aromatic nitrogens is 2. The number of rotatable bonds is 4. The Kier molecular flexibility index (Phi) is 4.23. The second-order valence-corrected chi connectivity index (χ2v) is 6.61. The number of benzene rings is 1. The lowest BCUT2D eigenvalue weighted by Crippen LogP contribution is -2.22. The van der Waals surface area contributed by atoms with E-state index in [2.05, 4.69) is 14.9 Å². The predicted molar refractivity (Wildman–Crippen MR) is 84.4 cm³/mol. The molecule has 2 rings (SSSR count). The molecule has 1 amide bonds. The van der Waals surface area contributed by atoms with Crippen LogP contribution in [0.1, 0.15) is 18.3 Å². The van der Waals surface area contributed by atoms with Gasteiger partial charge in [0, 0.05) is 25.3 Å². The van der Waals surface area contributed by atoms with E-state index in [-0.39, 0.29) is 10.8 Å². The highest BCUT2D eigenvalue weighted by molar-refractivity contribution is 7.92. The van der Waals surface area contributed by atoms with Crippen LogP contribution in [0, 0.1) is 13.8 Å². The summed E-state index contributed by atoms with van der Waals surface area (Å²) in [6, 6.07) is 6.57. The molecule has 0 aliphatic rings. The van der Waals surface area contributed by atoms with Crippen molar-refractivity contribution in [2.24, 2.45) is 0 Å². The van der Waals surface area contributed by atoms with Crippen molar-refractivity contribution in [3.8, 4) is 0 Å². The van der Waals surface area contributed by atoms with Gasteiger partial charge in [0.1, 0.15) is 4.90 Å². The van der Waals surface area contributed by atoms with Gasteiger partial charge in [0.25, 0.3) is 10.0 Å². The fourth-order valence-electron chi connectivity index (χ4n) is 2.08. The third kappa shape index (κ3) is 3.11. The summed E-state index contributed by atoms with van der Waals surface area (Å²) in [6.45, 7) is 4.74. The molecule has 1 aromatic carbocycles. The van der Waals surface area contributed by atoms with Crippen molar-refractivity contribution in [1.29, 1.82) is 0 Å². The van der Waals surface area contributed by atoms with E-state index in [1.54, 1.807) is 45.2 Å². The van der Waals surface area contributed by atoms with Gasteiger partial charge >= 0.3 is 0 Å². The van der Waals surface area contributed by atoms with E-state index in [1.807, 2.05) is 0 Å². The number of carbonyl (C=O) groups excluding carboxylic acids is 1. The third-order valence-corrected chi connectivity index (χ3v) is 4.95. The highest BCUT2D eigenvalue weighted by Crippen LogP contribution is 2.22. The molecule has 0 aliphatic carbocycles. The Morgan fingerprint density at radius 1 is 1.23 bits per heavy atom. The Bertz CT molecular complexity index is 774. The molecule has 1 heterocycles. The number of hydrogen-bond donors (Lipinski definition) is 2. The molecule has 22 heavy (non-hydrogen) atoms. The number of aryl methyl sites for hydroxylation is 2. The van der Waals surface area contributed by atoms with Crippen molar-refractivity contribution in [3.63, 3.8) is 0 Å². The second-order valence-electron chi connectivity index (χ2n) is 4.99. The maximum absolute atomic E-state index is 12.4. The number of H-pyrrole nitrogens is 1. The van der Waals surface area contributed by atoms with Crippen molar-refractivity contribution in [2.75, 3.05) is 16.7 Å². The topological polar surface area (TPSA) is 95.2 Å². The molecule has 0 radical (unpaired) electrons. The lowest BCUT2D eigenvalue weighted by molar-refractivity contribution is -0.116. The van der Waals surface area contributed by atoms with Gasteiger partial charge in [-0.1, -0.05) is 0 Å². The van der Waals surface area contributed by atoms with Gasteiger partial charge in [-0.05, 0) is 38.1 Å². The molecular formula is C14H18N4O3S. The summed E-state index contributed by atoms with van der Waals surface area (Å²) in [5.41, 5.74) is 2.00. The minimum Gasteiger partial charge on any atom is -0.316 e. The average Bonchev–Trinajstić information content (AvgIpc) is 2.78. The molecule has 0 bridgehead atoms. The Balaban J connectivity index is 2.26. The number of anilines is 2. The van der Waals surface area contributed by atoms with Gasteiger partial charge in [0.05, 0.1) is 11.4 Å². The molecule has 8 heteroatoms. The molecule has 7 nitrogen and oxygen atoms in total. The van der Waals surface area contributed by atoms with Crippen LogP contribution in [-0.2, 0) is 14.8 Å². The molecule has 0 saturated carbocycles. The van der Waals surface area contributed by atoms with Gasteiger partial charge in [-0.2, -0.15) is 5.10 Å². The van der Waals surface area contributed by atoms with Gasteiger partial charge in [-0.3, -0.25) is 14.6 Å². The number of aromatic amines is 1. The quantitative estimate of drug-likeness (QED) is 0.897. The van der Waals surface area contributed by atoms with Gasteiger partial charge < -0.3 is 4.90 Å². The van der Waals surface area contributed by atoms with Crippen molar-refractivity contribution < 1.29 is 13.2 Å². The molecule has 0 spiro atoms. The van der Waals surface area contributed by atoms with Crippen LogP contribution >= 0.6 is 0 Å². The first-order chi connectivity index (χ1) is 10.2. The van der Waals surface area contributed by atoms with E-state index in [4.69, 9.17) is 0 Å². The van der Waals surface area contributed by atoms with E-state index >= 15 is 0 Å². The van der Waals surface area contributed by atoms with E-state index in [9.17, 15) is 13.2 Å². The van der Waals surface area contributed by atoms with Crippen molar-refractivity contribution in [2.45, 2.75) is 25.7 Å². The normalized spacial score (nSPS) is 11.3. The Hall–Kier alpha value is -2.35. The zero-order valence-corrected chi connectivity index (χ0v) is 13.7. The standard InChI is InChI=1S/C14H18N4O3S/c1-9-14(10(2)16-15-9)22(20,21)17-12-5-7-13(8-6-12)18(4)11(3)19/h5-8,17H,1-4H3,(H,15,16). The molecule has 0 aliphatic heterocycles. The van der Waals surface area contributed by atoms with Gasteiger partial charge in [0.15, 0.2) is 0 Å². The zero-order valence-electron chi connectivity index (χ0n) is 12.8. The van der Waals surface area contributed by atoms with Crippen LogP contribution in [0.2, 0.25) is 0 Å². The largest absolute Gasteiger partial charge is 0.316 e. The fraction of sp³-hybridized carbons (Fsp3) is 0.286. The summed E-state index contributed by atoms with van der Waals surface area (Å²) in [5, 5.41) is 6.54. The molecule has 118 valence electrons. The molecular weight excluding hydrogens is 304 g/mol. The molecule has 0 saturated heterocycles. The number of nitrogens with one attached hydrogen (secondary N) is 2. The summed E-state index contributed by atoms with van der Waals surface area (Å²) in [7, 11) is -2.05. The van der Waals surface area contributed by atoms with E-state index in [0.717, 1.165) is 0 Å². The molecule has 2 N–H and O–H groups in total. The molecule has 1 aromatic heterocycles.